The summed E-state index contributed by atoms with van der Waals surface area (Å²) in [7, 11) is 0. The van der Waals surface area contributed by atoms with Crippen molar-refractivity contribution in [2.75, 3.05) is 0 Å². The van der Waals surface area contributed by atoms with Crippen LogP contribution in [0.1, 0.15) is 51.4 Å². The molecule has 1 heterocycles. The van der Waals surface area contributed by atoms with Crippen molar-refractivity contribution in [2.45, 2.75) is 40.3 Å². The zero-order valence-electron chi connectivity index (χ0n) is 16.5. The summed E-state index contributed by atoms with van der Waals surface area (Å²) in [5.74, 6) is -1.96. The maximum absolute atomic E-state index is 13.6. The van der Waals surface area contributed by atoms with Crippen molar-refractivity contribution < 1.29 is 13.6 Å². The fourth-order valence-corrected chi connectivity index (χ4v) is 3.42. The maximum Gasteiger partial charge on any atom is 0.268 e. The van der Waals surface area contributed by atoms with E-state index in [0.717, 1.165) is 28.5 Å². The van der Waals surface area contributed by atoms with E-state index in [2.05, 4.69) is 5.32 Å². The number of hydrogen-bond acceptors (Lipinski definition) is 1. The number of hydrogen-bond donors (Lipinski definition) is 1. The molecule has 1 atom stereocenters. The summed E-state index contributed by atoms with van der Waals surface area (Å²) >= 11 is 0. The first-order valence-electron chi connectivity index (χ1n) is 9.25. The van der Waals surface area contributed by atoms with Crippen molar-refractivity contribution in [3.05, 3.63) is 93.8 Å². The minimum absolute atomic E-state index is 0.152. The van der Waals surface area contributed by atoms with Crippen LogP contribution in [0.2, 0.25) is 0 Å². The van der Waals surface area contributed by atoms with E-state index in [9.17, 15) is 13.6 Å². The lowest BCUT2D eigenvalue weighted by atomic mass is 10.1. The Labute approximate surface area is 164 Å². The number of nitrogens with zero attached hydrogens (tertiary/aromatic N) is 1. The second-order valence-corrected chi connectivity index (χ2v) is 7.12. The number of rotatable bonds is 5. The van der Waals surface area contributed by atoms with Gasteiger partial charge in [-0.3, -0.25) is 4.79 Å². The fourth-order valence-electron chi connectivity index (χ4n) is 3.42. The predicted octanol–water partition coefficient (Wildman–Crippen LogP) is 5.23. The highest BCUT2D eigenvalue weighted by atomic mass is 19.2. The molecule has 146 valence electrons. The minimum atomic E-state index is -0.889. The fraction of sp³-hybridized carbons (Fsp3) is 0.261. The molecule has 3 aromatic rings. The number of carbonyl (C=O) groups is 1. The maximum atomic E-state index is 13.6. The van der Waals surface area contributed by atoms with Crippen LogP contribution in [0.3, 0.4) is 0 Å². The lowest BCUT2D eigenvalue weighted by Crippen LogP contribution is -2.29. The number of amides is 1. The van der Waals surface area contributed by atoms with E-state index in [1.54, 1.807) is 0 Å². The zero-order valence-corrected chi connectivity index (χ0v) is 16.5. The van der Waals surface area contributed by atoms with Crippen LogP contribution in [0, 0.1) is 32.4 Å². The Morgan fingerprint density at radius 1 is 1.00 bits per heavy atom. The van der Waals surface area contributed by atoms with Crippen LogP contribution in [0.4, 0.5) is 8.78 Å². The molecule has 28 heavy (non-hydrogen) atoms. The van der Waals surface area contributed by atoms with Gasteiger partial charge in [0.1, 0.15) is 5.69 Å². The number of aromatic nitrogens is 1. The molecule has 3 rings (SSSR count). The summed E-state index contributed by atoms with van der Waals surface area (Å²) in [5, 5.41) is 3.05. The van der Waals surface area contributed by atoms with Crippen LogP contribution >= 0.6 is 0 Å². The van der Waals surface area contributed by atoms with Crippen LogP contribution in [0.15, 0.2) is 48.5 Å². The van der Waals surface area contributed by atoms with Gasteiger partial charge >= 0.3 is 0 Å². The van der Waals surface area contributed by atoms with Crippen LogP contribution < -0.4 is 5.32 Å². The summed E-state index contributed by atoms with van der Waals surface area (Å²) in [5.41, 5.74) is 4.99. The molecule has 0 aliphatic heterocycles. The number of halogens is 2. The van der Waals surface area contributed by atoms with Gasteiger partial charge in [0.15, 0.2) is 11.6 Å². The Hall–Kier alpha value is -2.95. The Morgan fingerprint density at radius 2 is 1.68 bits per heavy atom. The molecule has 1 unspecified atom stereocenters. The second kappa shape index (κ2) is 7.97. The monoisotopic (exact) mass is 382 g/mol. The van der Waals surface area contributed by atoms with Gasteiger partial charge in [0.25, 0.3) is 5.91 Å². The van der Waals surface area contributed by atoms with Gasteiger partial charge in [-0.1, -0.05) is 36.4 Å². The van der Waals surface area contributed by atoms with E-state index in [1.807, 2.05) is 62.6 Å². The number of benzene rings is 2. The van der Waals surface area contributed by atoms with Crippen molar-refractivity contribution in [1.82, 2.24) is 9.88 Å². The second-order valence-electron chi connectivity index (χ2n) is 7.12. The molecule has 5 heteroatoms. The van der Waals surface area contributed by atoms with Gasteiger partial charge < -0.3 is 9.88 Å². The van der Waals surface area contributed by atoms with Crippen molar-refractivity contribution in [3.63, 3.8) is 0 Å². The smallest absolute Gasteiger partial charge is 0.268 e. The Kier molecular flexibility index (Phi) is 5.63. The van der Waals surface area contributed by atoms with E-state index in [0.29, 0.717) is 17.8 Å². The largest absolute Gasteiger partial charge is 0.344 e. The Balaban J connectivity index is 1.93. The minimum Gasteiger partial charge on any atom is -0.344 e. The van der Waals surface area contributed by atoms with Gasteiger partial charge in [-0.05, 0) is 62.1 Å². The lowest BCUT2D eigenvalue weighted by molar-refractivity contribution is 0.0930. The molecule has 0 saturated heterocycles. The highest BCUT2D eigenvalue weighted by Gasteiger charge is 2.22. The highest BCUT2D eigenvalue weighted by Crippen LogP contribution is 2.24. The molecule has 1 aromatic heterocycles. The normalized spacial score (nSPS) is 12.1. The molecule has 0 aliphatic rings. The van der Waals surface area contributed by atoms with Crippen molar-refractivity contribution in [1.29, 1.82) is 0 Å². The quantitative estimate of drug-likeness (QED) is 0.644. The average molecular weight is 382 g/mol. The van der Waals surface area contributed by atoms with E-state index < -0.39 is 11.6 Å². The van der Waals surface area contributed by atoms with Crippen molar-refractivity contribution in [2.24, 2.45) is 0 Å². The van der Waals surface area contributed by atoms with Gasteiger partial charge in [-0.2, -0.15) is 0 Å². The molecule has 0 aliphatic carbocycles. The highest BCUT2D eigenvalue weighted by molar-refractivity contribution is 5.95. The van der Waals surface area contributed by atoms with Crippen LogP contribution in [-0.4, -0.2) is 10.5 Å². The third-order valence-corrected chi connectivity index (χ3v) is 5.32. The molecule has 0 spiro atoms. The molecular weight excluding hydrogens is 358 g/mol. The first-order chi connectivity index (χ1) is 13.3. The van der Waals surface area contributed by atoms with Gasteiger partial charge in [-0.25, -0.2) is 8.78 Å². The summed E-state index contributed by atoms with van der Waals surface area (Å²) < 4.78 is 28.7. The van der Waals surface area contributed by atoms with Crippen LogP contribution in [0.25, 0.3) is 0 Å². The number of nitrogens with one attached hydrogen (secondary N) is 1. The summed E-state index contributed by atoms with van der Waals surface area (Å²) in [6, 6.07) is 13.4. The molecule has 0 bridgehead atoms. The van der Waals surface area contributed by atoms with Crippen molar-refractivity contribution in [3.8, 4) is 0 Å². The summed E-state index contributed by atoms with van der Waals surface area (Å²) in [6.45, 7) is 8.03. The van der Waals surface area contributed by atoms with E-state index in [1.165, 1.54) is 12.1 Å². The van der Waals surface area contributed by atoms with Gasteiger partial charge in [0.05, 0.1) is 6.04 Å². The molecule has 0 saturated carbocycles. The van der Waals surface area contributed by atoms with E-state index >= 15 is 0 Å². The van der Waals surface area contributed by atoms with Crippen molar-refractivity contribution >= 4 is 5.91 Å². The average Bonchev–Trinajstić information content (AvgIpc) is 2.89. The Morgan fingerprint density at radius 3 is 2.32 bits per heavy atom. The molecule has 1 amide bonds. The van der Waals surface area contributed by atoms with Gasteiger partial charge in [0.2, 0.25) is 0 Å². The first-order valence-corrected chi connectivity index (χ1v) is 9.25. The van der Waals surface area contributed by atoms with Crippen LogP contribution in [0.5, 0.6) is 0 Å². The summed E-state index contributed by atoms with van der Waals surface area (Å²) in [4.78, 5) is 13.1. The zero-order chi connectivity index (χ0) is 20.4. The molecular formula is C23H24F2N2O. The SMILES string of the molecule is Cc1c(C)c(C(=O)NC(C)c2ccccc2)n(Cc2ccc(F)c(F)c2)c1C. The molecule has 2 aromatic carbocycles. The number of carbonyl (C=O) groups excluding carboxylic acids is 1. The standard InChI is InChI=1S/C23H24F2N2O/c1-14-15(2)22(23(28)26-16(3)19-8-6-5-7-9-19)27(17(14)4)13-18-10-11-20(24)21(25)12-18/h5-12,16H,13H2,1-4H3,(H,26,28). The molecule has 0 fully saturated rings. The van der Waals surface area contributed by atoms with Gasteiger partial charge in [-0.15, -0.1) is 0 Å². The van der Waals surface area contributed by atoms with Gasteiger partial charge in [0, 0.05) is 12.2 Å². The lowest BCUT2D eigenvalue weighted by Gasteiger charge is -2.17. The predicted molar refractivity (Wildman–Crippen MR) is 106 cm³/mol. The third-order valence-electron chi connectivity index (χ3n) is 5.32. The van der Waals surface area contributed by atoms with E-state index in [-0.39, 0.29) is 11.9 Å². The summed E-state index contributed by atoms with van der Waals surface area (Å²) in [6.07, 6.45) is 0. The molecule has 3 nitrogen and oxygen atoms in total. The topological polar surface area (TPSA) is 34.0 Å². The Bertz CT molecular complexity index is 1010. The molecule has 0 radical (unpaired) electrons. The molecule has 1 N–H and O–H groups in total. The first kappa shape index (κ1) is 19.8. The van der Waals surface area contributed by atoms with Crippen LogP contribution in [-0.2, 0) is 6.54 Å². The van der Waals surface area contributed by atoms with E-state index in [4.69, 9.17) is 0 Å². The third kappa shape index (κ3) is 3.84.